The van der Waals surface area contributed by atoms with Gasteiger partial charge in [0.1, 0.15) is 6.61 Å². The van der Waals surface area contributed by atoms with Crippen LogP contribution in [-0.4, -0.2) is 37.4 Å². The van der Waals surface area contributed by atoms with Crippen molar-refractivity contribution in [2.24, 2.45) is 4.99 Å². The van der Waals surface area contributed by atoms with Gasteiger partial charge in [-0.2, -0.15) is 0 Å². The molecule has 3 aliphatic heterocycles. The number of anilines is 1. The summed E-state index contributed by atoms with van der Waals surface area (Å²) >= 11 is 3.60. The number of amidine groups is 1. The maximum absolute atomic E-state index is 13.2. The van der Waals surface area contributed by atoms with E-state index >= 15 is 0 Å². The van der Waals surface area contributed by atoms with Crippen LogP contribution in [0.5, 0.6) is 11.5 Å². The summed E-state index contributed by atoms with van der Waals surface area (Å²) in [5.41, 5.74) is 8.39. The van der Waals surface area contributed by atoms with Gasteiger partial charge in [-0.15, -0.1) is 0 Å². The first kappa shape index (κ1) is 31.6. The van der Waals surface area contributed by atoms with Crippen LogP contribution in [-0.2, 0) is 4.79 Å². The highest BCUT2D eigenvalue weighted by Gasteiger charge is 2.35. The van der Waals surface area contributed by atoms with Gasteiger partial charge in [-0.1, -0.05) is 73.3 Å². The van der Waals surface area contributed by atoms with Crippen molar-refractivity contribution in [1.29, 1.82) is 0 Å². The van der Waals surface area contributed by atoms with Gasteiger partial charge in [0.25, 0.3) is 5.91 Å². The number of thioether (sulfide) groups is 1. The highest BCUT2D eigenvalue weighted by molar-refractivity contribution is 14.1. The van der Waals surface area contributed by atoms with Crippen molar-refractivity contribution in [3.8, 4) is 11.5 Å². The molecular weight excluding hydrogens is 717 g/mol. The second-order valence-corrected chi connectivity index (χ2v) is 14.0. The Morgan fingerprint density at radius 1 is 0.957 bits per heavy atom. The number of hydrogen-bond donors (Lipinski definition) is 1. The number of nitrogens with one attached hydrogen (secondary N) is 1. The molecule has 8 heteroatoms. The van der Waals surface area contributed by atoms with Crippen molar-refractivity contribution in [3.05, 3.63) is 134 Å². The number of carbonyl (C=O) groups excluding carboxylic acids is 1. The van der Waals surface area contributed by atoms with Gasteiger partial charge in [-0.05, 0) is 112 Å². The maximum Gasteiger partial charge on any atom is 0.264 e. The van der Waals surface area contributed by atoms with Crippen molar-refractivity contribution in [3.63, 3.8) is 0 Å². The summed E-state index contributed by atoms with van der Waals surface area (Å²) in [7, 11) is 0. The largest absolute Gasteiger partial charge is 0.490 e. The fraction of sp³-hybridized carbons (Fsp3) is 0.231. The summed E-state index contributed by atoms with van der Waals surface area (Å²) in [6, 6.07) is 30.0. The standard InChI is InChI=1S/C39H36IN3O3S/c1-3-19-46-37-33(40)20-25(21-34(37)45-4-2)22-35-38(44)42-39(47-35)41-28-23-31-29(26-11-7-5-8-12-26)15-17-43-18-16-30(32(24-28)36(31)43)27-13-9-6-10-14-27/h3,5-14,20-24,29-30H,1,4,15-19H2,2H3,(H,41,42,44)/b35-22-/t29-,30-/m0/s1. The van der Waals surface area contributed by atoms with Crippen LogP contribution in [0.2, 0.25) is 0 Å². The van der Waals surface area contributed by atoms with Crippen molar-refractivity contribution >= 4 is 62.9 Å². The van der Waals surface area contributed by atoms with E-state index < -0.39 is 0 Å². The average molecular weight is 754 g/mol. The molecule has 1 amide bonds. The van der Waals surface area contributed by atoms with Crippen LogP contribution in [0.1, 0.15) is 59.4 Å². The molecular formula is C39H36IN3O3S. The van der Waals surface area contributed by atoms with Gasteiger partial charge in [0.05, 0.1) is 20.8 Å². The van der Waals surface area contributed by atoms with E-state index in [1.54, 1.807) is 6.08 Å². The fourth-order valence-electron chi connectivity index (χ4n) is 6.87. The van der Waals surface area contributed by atoms with E-state index in [9.17, 15) is 4.79 Å². The van der Waals surface area contributed by atoms with Crippen LogP contribution in [0.4, 0.5) is 11.4 Å². The first-order chi connectivity index (χ1) is 23.0. The molecule has 0 radical (unpaired) electrons. The van der Waals surface area contributed by atoms with Crippen LogP contribution in [0.15, 0.2) is 107 Å². The molecule has 0 spiro atoms. The van der Waals surface area contributed by atoms with Gasteiger partial charge in [-0.25, -0.2) is 4.99 Å². The van der Waals surface area contributed by atoms with Gasteiger partial charge in [0.2, 0.25) is 0 Å². The Morgan fingerprint density at radius 2 is 1.60 bits per heavy atom. The third-order valence-electron chi connectivity index (χ3n) is 8.86. The third-order valence-corrected chi connectivity index (χ3v) is 10.6. The van der Waals surface area contributed by atoms with E-state index in [4.69, 9.17) is 14.5 Å². The zero-order valence-electron chi connectivity index (χ0n) is 26.2. The molecule has 0 saturated carbocycles. The van der Waals surface area contributed by atoms with Gasteiger partial charge in [0.15, 0.2) is 16.7 Å². The Hall–Kier alpha value is -4.02. The lowest BCUT2D eigenvalue weighted by molar-refractivity contribution is -0.115. The normalized spacial score (nSPS) is 20.2. The Labute approximate surface area is 294 Å². The molecule has 3 heterocycles. The van der Waals surface area contributed by atoms with Crippen LogP contribution in [0.3, 0.4) is 0 Å². The average Bonchev–Trinajstić information content (AvgIpc) is 3.43. The first-order valence-electron chi connectivity index (χ1n) is 16.0. The summed E-state index contributed by atoms with van der Waals surface area (Å²) in [5.74, 6) is 1.74. The predicted molar refractivity (Wildman–Crippen MR) is 201 cm³/mol. The lowest BCUT2D eigenvalue weighted by Gasteiger charge is -2.43. The smallest absolute Gasteiger partial charge is 0.264 e. The Bertz CT molecular complexity index is 1800. The molecule has 4 aromatic carbocycles. The summed E-state index contributed by atoms with van der Waals surface area (Å²) in [5, 5.41) is 3.60. The SMILES string of the molecule is C=CCOc1c(I)cc(/C=C2\SC(=Nc3cc4c5c(c3)[C@H](c3ccccc3)CCN5CC[C@H]4c3ccccc3)NC2=O)cc1OCC. The van der Waals surface area contributed by atoms with Crippen LogP contribution >= 0.6 is 34.4 Å². The van der Waals surface area contributed by atoms with Crippen molar-refractivity contribution in [2.75, 3.05) is 31.2 Å². The minimum atomic E-state index is -0.163. The van der Waals surface area contributed by atoms with Gasteiger partial charge in [0, 0.05) is 30.6 Å². The summed E-state index contributed by atoms with van der Waals surface area (Å²) < 4.78 is 12.6. The molecule has 4 aromatic rings. The molecule has 1 N–H and O–H groups in total. The number of amides is 1. The molecule has 0 bridgehead atoms. The molecule has 238 valence electrons. The highest BCUT2D eigenvalue weighted by atomic mass is 127. The quantitative estimate of drug-likeness (QED) is 0.105. The third kappa shape index (κ3) is 6.58. The second kappa shape index (κ2) is 14.0. The number of halogens is 1. The molecule has 3 aliphatic rings. The molecule has 0 unspecified atom stereocenters. The highest BCUT2D eigenvalue weighted by Crippen LogP contribution is 2.50. The molecule has 0 aromatic heterocycles. The minimum Gasteiger partial charge on any atom is -0.490 e. The van der Waals surface area contributed by atoms with E-state index in [2.05, 4.69) is 112 Å². The Kier molecular flexibility index (Phi) is 9.40. The van der Waals surface area contributed by atoms with E-state index in [0.29, 0.717) is 34.8 Å². The minimum absolute atomic E-state index is 0.163. The number of carbonyl (C=O) groups is 1. The van der Waals surface area contributed by atoms with Crippen molar-refractivity contribution in [2.45, 2.75) is 31.6 Å². The van der Waals surface area contributed by atoms with E-state index in [-0.39, 0.29) is 17.7 Å². The number of aliphatic imine (C=N–C) groups is 1. The zero-order valence-corrected chi connectivity index (χ0v) is 29.2. The zero-order chi connectivity index (χ0) is 32.3. The number of nitrogens with zero attached hydrogens (tertiary/aromatic N) is 2. The van der Waals surface area contributed by atoms with E-state index in [1.807, 2.05) is 25.1 Å². The van der Waals surface area contributed by atoms with Gasteiger partial charge in [-0.3, -0.25) is 4.79 Å². The second-order valence-electron chi connectivity index (χ2n) is 11.8. The molecule has 7 rings (SSSR count). The topological polar surface area (TPSA) is 63.2 Å². The number of rotatable bonds is 9. The molecule has 2 atom stereocenters. The van der Waals surface area contributed by atoms with Crippen LogP contribution in [0, 0.1) is 3.57 Å². The molecule has 0 aliphatic carbocycles. The Morgan fingerprint density at radius 3 is 2.19 bits per heavy atom. The fourth-order valence-corrected chi connectivity index (χ4v) is 8.49. The van der Waals surface area contributed by atoms with Crippen molar-refractivity contribution < 1.29 is 14.3 Å². The maximum atomic E-state index is 13.2. The molecule has 6 nitrogen and oxygen atoms in total. The number of hydrogen-bond acceptors (Lipinski definition) is 6. The van der Waals surface area contributed by atoms with Crippen LogP contribution in [0.25, 0.3) is 6.08 Å². The lowest BCUT2D eigenvalue weighted by atomic mass is 9.76. The first-order valence-corrected chi connectivity index (χ1v) is 17.9. The lowest BCUT2D eigenvalue weighted by Crippen LogP contribution is -2.37. The predicted octanol–water partition coefficient (Wildman–Crippen LogP) is 9.02. The van der Waals surface area contributed by atoms with E-state index in [0.717, 1.165) is 40.8 Å². The number of benzene rings is 4. The van der Waals surface area contributed by atoms with Gasteiger partial charge >= 0.3 is 0 Å². The molecule has 47 heavy (non-hydrogen) atoms. The Balaban J connectivity index is 1.26. The summed E-state index contributed by atoms with van der Waals surface area (Å²) in [4.78, 5) is 21.4. The monoisotopic (exact) mass is 753 g/mol. The van der Waals surface area contributed by atoms with Crippen molar-refractivity contribution in [1.82, 2.24) is 5.32 Å². The van der Waals surface area contributed by atoms with Crippen LogP contribution < -0.4 is 19.7 Å². The number of ether oxygens (including phenoxy) is 2. The summed E-state index contributed by atoms with van der Waals surface area (Å²) in [6.45, 7) is 8.66. The molecule has 1 saturated heterocycles. The van der Waals surface area contributed by atoms with E-state index in [1.165, 1.54) is 39.7 Å². The van der Waals surface area contributed by atoms with Gasteiger partial charge < -0.3 is 19.7 Å². The molecule has 1 fully saturated rings. The summed E-state index contributed by atoms with van der Waals surface area (Å²) in [6.07, 6.45) is 5.71.